The molecule has 2 aromatic carbocycles. The van der Waals surface area contributed by atoms with Crippen LogP contribution in [0.4, 0.5) is 0 Å². The van der Waals surface area contributed by atoms with E-state index < -0.39 is 12.0 Å². The van der Waals surface area contributed by atoms with Gasteiger partial charge in [0.2, 0.25) is 0 Å². The Kier molecular flexibility index (Phi) is 3.90. The third-order valence-corrected chi connectivity index (χ3v) is 4.34. The predicted molar refractivity (Wildman–Crippen MR) is 83.4 cm³/mol. The number of hydrogen-bond donors (Lipinski definition) is 2. The average Bonchev–Trinajstić information content (AvgIpc) is 2.53. The van der Waals surface area contributed by atoms with Gasteiger partial charge in [0.25, 0.3) is 0 Å². The number of carboxylic acids is 1. The Morgan fingerprint density at radius 1 is 1.29 bits per heavy atom. The fourth-order valence-electron chi connectivity index (χ4n) is 3.21. The molecule has 0 radical (unpaired) electrons. The quantitative estimate of drug-likeness (QED) is 0.908. The van der Waals surface area contributed by atoms with Crippen molar-refractivity contribution in [3.05, 3.63) is 48.0 Å². The van der Waals surface area contributed by atoms with Crippen LogP contribution in [-0.2, 0) is 4.79 Å². The number of nitrogens with one attached hydrogen (secondary N) is 1. The Morgan fingerprint density at radius 2 is 2.05 bits per heavy atom. The summed E-state index contributed by atoms with van der Waals surface area (Å²) in [7, 11) is 0. The lowest BCUT2D eigenvalue weighted by Crippen LogP contribution is -2.55. The third-order valence-electron chi connectivity index (χ3n) is 4.34. The van der Waals surface area contributed by atoms with Crippen molar-refractivity contribution < 1.29 is 9.90 Å². The van der Waals surface area contributed by atoms with Crippen LogP contribution in [0, 0.1) is 0 Å². The Labute approximate surface area is 124 Å². The first-order chi connectivity index (χ1) is 10.2. The molecular weight excluding hydrogens is 264 g/mol. The SMILES string of the molecule is CC(c1cccc2ccccc12)N1CCNCC1C(=O)O. The molecule has 0 saturated carbocycles. The van der Waals surface area contributed by atoms with Crippen molar-refractivity contribution in [2.45, 2.75) is 19.0 Å². The minimum absolute atomic E-state index is 0.0827. The molecule has 1 fully saturated rings. The summed E-state index contributed by atoms with van der Waals surface area (Å²) < 4.78 is 0. The molecule has 1 heterocycles. The molecule has 2 atom stereocenters. The summed E-state index contributed by atoms with van der Waals surface area (Å²) in [4.78, 5) is 13.6. The zero-order chi connectivity index (χ0) is 14.8. The van der Waals surface area contributed by atoms with Gasteiger partial charge in [-0.15, -0.1) is 0 Å². The van der Waals surface area contributed by atoms with E-state index in [1.807, 2.05) is 18.2 Å². The summed E-state index contributed by atoms with van der Waals surface area (Å²) in [6.07, 6.45) is 0. The molecule has 21 heavy (non-hydrogen) atoms. The van der Waals surface area contributed by atoms with Crippen molar-refractivity contribution in [1.82, 2.24) is 10.2 Å². The van der Waals surface area contributed by atoms with E-state index in [1.165, 1.54) is 16.3 Å². The largest absolute Gasteiger partial charge is 0.480 e. The van der Waals surface area contributed by atoms with Gasteiger partial charge in [0, 0.05) is 25.7 Å². The minimum Gasteiger partial charge on any atom is -0.480 e. The smallest absolute Gasteiger partial charge is 0.322 e. The maximum atomic E-state index is 11.5. The topological polar surface area (TPSA) is 52.6 Å². The highest BCUT2D eigenvalue weighted by Gasteiger charge is 2.32. The van der Waals surface area contributed by atoms with Gasteiger partial charge in [0.1, 0.15) is 6.04 Å². The lowest BCUT2D eigenvalue weighted by Gasteiger charge is -2.38. The van der Waals surface area contributed by atoms with E-state index in [0.717, 1.165) is 13.1 Å². The molecule has 1 aliphatic rings. The van der Waals surface area contributed by atoms with Gasteiger partial charge in [-0.1, -0.05) is 42.5 Å². The van der Waals surface area contributed by atoms with E-state index in [2.05, 4.69) is 41.4 Å². The predicted octanol–water partition coefficient (Wildman–Crippen LogP) is 2.26. The van der Waals surface area contributed by atoms with Crippen LogP contribution in [0.5, 0.6) is 0 Å². The fourth-order valence-corrected chi connectivity index (χ4v) is 3.21. The van der Waals surface area contributed by atoms with Gasteiger partial charge < -0.3 is 10.4 Å². The van der Waals surface area contributed by atoms with E-state index in [0.29, 0.717) is 6.54 Å². The van der Waals surface area contributed by atoms with Gasteiger partial charge in [0.15, 0.2) is 0 Å². The van der Waals surface area contributed by atoms with Gasteiger partial charge >= 0.3 is 5.97 Å². The van der Waals surface area contributed by atoms with Crippen LogP contribution in [0.25, 0.3) is 10.8 Å². The number of hydrogen-bond acceptors (Lipinski definition) is 3. The molecule has 2 unspecified atom stereocenters. The van der Waals surface area contributed by atoms with Crippen molar-refractivity contribution in [1.29, 1.82) is 0 Å². The van der Waals surface area contributed by atoms with Crippen molar-refractivity contribution in [2.75, 3.05) is 19.6 Å². The number of aliphatic carboxylic acids is 1. The molecule has 1 saturated heterocycles. The van der Waals surface area contributed by atoms with Gasteiger partial charge in [-0.3, -0.25) is 9.69 Å². The van der Waals surface area contributed by atoms with Crippen LogP contribution in [0.3, 0.4) is 0 Å². The molecule has 0 aromatic heterocycles. The lowest BCUT2D eigenvalue weighted by atomic mass is 9.97. The Balaban J connectivity index is 1.99. The minimum atomic E-state index is -0.755. The maximum Gasteiger partial charge on any atom is 0.322 e. The summed E-state index contributed by atoms with van der Waals surface area (Å²) in [5, 5.41) is 15.0. The highest BCUT2D eigenvalue weighted by Crippen LogP contribution is 2.29. The zero-order valence-electron chi connectivity index (χ0n) is 12.1. The molecule has 0 spiro atoms. The average molecular weight is 284 g/mol. The highest BCUT2D eigenvalue weighted by molar-refractivity contribution is 5.86. The van der Waals surface area contributed by atoms with Crippen LogP contribution in [0.15, 0.2) is 42.5 Å². The second-order valence-corrected chi connectivity index (χ2v) is 5.54. The number of carboxylic acid groups (broad SMARTS) is 1. The monoisotopic (exact) mass is 284 g/mol. The summed E-state index contributed by atoms with van der Waals surface area (Å²) >= 11 is 0. The number of rotatable bonds is 3. The molecule has 110 valence electrons. The molecule has 0 amide bonds. The Bertz CT molecular complexity index is 651. The number of benzene rings is 2. The van der Waals surface area contributed by atoms with Crippen molar-refractivity contribution in [3.8, 4) is 0 Å². The van der Waals surface area contributed by atoms with E-state index in [-0.39, 0.29) is 6.04 Å². The molecule has 0 aliphatic carbocycles. The van der Waals surface area contributed by atoms with Crippen LogP contribution >= 0.6 is 0 Å². The molecule has 2 N–H and O–H groups in total. The van der Waals surface area contributed by atoms with Crippen LogP contribution in [0.1, 0.15) is 18.5 Å². The molecule has 4 nitrogen and oxygen atoms in total. The molecule has 2 aromatic rings. The van der Waals surface area contributed by atoms with Crippen LogP contribution in [-0.4, -0.2) is 41.7 Å². The first-order valence-electron chi connectivity index (χ1n) is 7.35. The standard InChI is InChI=1S/C17H20N2O2/c1-12(19-10-9-18-11-16(19)17(20)21)14-8-4-6-13-5-2-3-7-15(13)14/h2-8,12,16,18H,9-11H2,1H3,(H,20,21). The van der Waals surface area contributed by atoms with Crippen LogP contribution in [0.2, 0.25) is 0 Å². The van der Waals surface area contributed by atoms with E-state index in [4.69, 9.17) is 0 Å². The van der Waals surface area contributed by atoms with E-state index in [9.17, 15) is 9.90 Å². The van der Waals surface area contributed by atoms with Gasteiger partial charge in [-0.2, -0.15) is 0 Å². The van der Waals surface area contributed by atoms with E-state index >= 15 is 0 Å². The van der Waals surface area contributed by atoms with Crippen molar-refractivity contribution in [2.24, 2.45) is 0 Å². The van der Waals surface area contributed by atoms with Crippen molar-refractivity contribution >= 4 is 16.7 Å². The van der Waals surface area contributed by atoms with E-state index in [1.54, 1.807) is 0 Å². The summed E-state index contributed by atoms with van der Waals surface area (Å²) in [6, 6.07) is 14.1. The van der Waals surface area contributed by atoms with Gasteiger partial charge in [-0.25, -0.2) is 0 Å². The second kappa shape index (κ2) is 5.84. The molecule has 0 bridgehead atoms. The second-order valence-electron chi connectivity index (χ2n) is 5.54. The molecule has 3 rings (SSSR count). The first-order valence-corrected chi connectivity index (χ1v) is 7.35. The summed E-state index contributed by atoms with van der Waals surface area (Å²) in [6.45, 7) is 4.19. The molecule has 4 heteroatoms. The third kappa shape index (κ3) is 2.64. The number of nitrogens with zero attached hydrogens (tertiary/aromatic N) is 1. The summed E-state index contributed by atoms with van der Waals surface area (Å²) in [5.41, 5.74) is 1.20. The Hall–Kier alpha value is -1.91. The number of carbonyl (C=O) groups is 1. The Morgan fingerprint density at radius 3 is 2.86 bits per heavy atom. The molecule has 1 aliphatic heterocycles. The van der Waals surface area contributed by atoms with Crippen LogP contribution < -0.4 is 5.32 Å². The maximum absolute atomic E-state index is 11.5. The van der Waals surface area contributed by atoms with Crippen molar-refractivity contribution in [3.63, 3.8) is 0 Å². The lowest BCUT2D eigenvalue weighted by molar-refractivity contribution is -0.145. The molecular formula is C17H20N2O2. The summed E-state index contributed by atoms with van der Waals surface area (Å²) in [5.74, 6) is -0.755. The van der Waals surface area contributed by atoms with Gasteiger partial charge in [0.05, 0.1) is 0 Å². The normalized spacial score (nSPS) is 21.3. The van der Waals surface area contributed by atoms with Gasteiger partial charge in [-0.05, 0) is 23.3 Å². The fraction of sp³-hybridized carbons (Fsp3) is 0.353. The first kappa shape index (κ1) is 14.0. The zero-order valence-corrected chi connectivity index (χ0v) is 12.1. The number of fused-ring (bicyclic) bond motifs is 1. The highest BCUT2D eigenvalue weighted by atomic mass is 16.4. The number of piperazine rings is 1.